The summed E-state index contributed by atoms with van der Waals surface area (Å²) in [5, 5.41) is 0. The van der Waals surface area contributed by atoms with Crippen LogP contribution >= 0.6 is 0 Å². The van der Waals surface area contributed by atoms with Crippen molar-refractivity contribution >= 4 is 5.95 Å². The van der Waals surface area contributed by atoms with Gasteiger partial charge in [-0.05, 0) is 24.3 Å². The van der Waals surface area contributed by atoms with E-state index < -0.39 is 0 Å². The molecule has 0 amide bonds. The Morgan fingerprint density at radius 1 is 1.31 bits per heavy atom. The number of anilines is 1. The minimum Gasteiger partial charge on any atom is -0.294 e. The molecule has 0 aliphatic rings. The van der Waals surface area contributed by atoms with E-state index in [0.717, 1.165) is 0 Å². The zero-order valence-electron chi connectivity index (χ0n) is 8.20. The number of nitrogens with zero attached hydrogens (tertiary/aromatic N) is 1. The first kappa shape index (κ1) is 10.3. The summed E-state index contributed by atoms with van der Waals surface area (Å²) in [6.45, 7) is 0. The minimum absolute atomic E-state index is 0.159. The molecule has 1 aromatic heterocycles. The number of hydrogen-bond donors (Lipinski definition) is 3. The van der Waals surface area contributed by atoms with E-state index in [-0.39, 0.29) is 17.3 Å². The molecule has 0 saturated heterocycles. The molecule has 0 bridgehead atoms. The van der Waals surface area contributed by atoms with Crippen molar-refractivity contribution in [3.8, 4) is 11.3 Å². The second-order valence-corrected chi connectivity index (χ2v) is 3.13. The van der Waals surface area contributed by atoms with Crippen LogP contribution in [-0.2, 0) is 0 Å². The van der Waals surface area contributed by atoms with Gasteiger partial charge in [0.25, 0.3) is 5.56 Å². The first-order chi connectivity index (χ1) is 7.69. The van der Waals surface area contributed by atoms with Gasteiger partial charge >= 0.3 is 0 Å². The van der Waals surface area contributed by atoms with Crippen molar-refractivity contribution in [1.82, 2.24) is 9.97 Å². The quantitative estimate of drug-likeness (QED) is 0.517. The summed E-state index contributed by atoms with van der Waals surface area (Å²) in [7, 11) is 0. The molecule has 0 unspecified atom stereocenters. The van der Waals surface area contributed by atoms with Crippen LogP contribution in [0.3, 0.4) is 0 Å². The monoisotopic (exact) mass is 220 g/mol. The average Bonchev–Trinajstić information content (AvgIpc) is 2.29. The van der Waals surface area contributed by atoms with Gasteiger partial charge < -0.3 is 0 Å². The highest BCUT2D eigenvalue weighted by Gasteiger charge is 2.03. The smallest absolute Gasteiger partial charge is 0.252 e. The fourth-order valence-electron chi connectivity index (χ4n) is 1.29. The molecule has 2 rings (SSSR count). The lowest BCUT2D eigenvalue weighted by Gasteiger charge is -2.03. The van der Waals surface area contributed by atoms with Gasteiger partial charge in [0.1, 0.15) is 5.82 Å². The predicted molar refractivity (Wildman–Crippen MR) is 58.1 cm³/mol. The maximum atomic E-state index is 12.7. The SMILES string of the molecule is NNc1nc(-c2ccc(F)cc2)cc(=O)[nH]1. The Bertz CT molecular complexity index is 549. The van der Waals surface area contributed by atoms with Crippen molar-refractivity contribution in [1.29, 1.82) is 0 Å². The van der Waals surface area contributed by atoms with E-state index in [0.29, 0.717) is 11.3 Å². The third-order valence-electron chi connectivity index (χ3n) is 2.02. The van der Waals surface area contributed by atoms with Crippen molar-refractivity contribution in [2.45, 2.75) is 0 Å². The molecule has 5 nitrogen and oxygen atoms in total. The number of H-pyrrole nitrogens is 1. The first-order valence-corrected chi connectivity index (χ1v) is 4.53. The van der Waals surface area contributed by atoms with Gasteiger partial charge in [-0.2, -0.15) is 0 Å². The zero-order valence-corrected chi connectivity index (χ0v) is 8.20. The van der Waals surface area contributed by atoms with E-state index in [4.69, 9.17) is 5.84 Å². The van der Waals surface area contributed by atoms with Crippen LogP contribution in [0.25, 0.3) is 11.3 Å². The van der Waals surface area contributed by atoms with Crippen molar-refractivity contribution in [2.75, 3.05) is 5.43 Å². The van der Waals surface area contributed by atoms with Crippen molar-refractivity contribution < 1.29 is 4.39 Å². The van der Waals surface area contributed by atoms with E-state index in [9.17, 15) is 9.18 Å². The molecule has 0 spiro atoms. The van der Waals surface area contributed by atoms with E-state index >= 15 is 0 Å². The molecular weight excluding hydrogens is 211 g/mol. The molecule has 2 aromatic rings. The summed E-state index contributed by atoms with van der Waals surface area (Å²) >= 11 is 0. The first-order valence-electron chi connectivity index (χ1n) is 4.53. The molecule has 1 aromatic carbocycles. The van der Waals surface area contributed by atoms with Crippen LogP contribution in [0.4, 0.5) is 10.3 Å². The van der Waals surface area contributed by atoms with Crippen LogP contribution in [0.2, 0.25) is 0 Å². The largest absolute Gasteiger partial charge is 0.294 e. The molecule has 0 saturated carbocycles. The molecule has 16 heavy (non-hydrogen) atoms. The summed E-state index contributed by atoms with van der Waals surface area (Å²) in [6, 6.07) is 6.99. The highest BCUT2D eigenvalue weighted by atomic mass is 19.1. The van der Waals surface area contributed by atoms with E-state index in [1.54, 1.807) is 0 Å². The van der Waals surface area contributed by atoms with Crippen LogP contribution < -0.4 is 16.8 Å². The van der Waals surface area contributed by atoms with Crippen LogP contribution in [0, 0.1) is 5.82 Å². The number of aromatic amines is 1. The summed E-state index contributed by atoms with van der Waals surface area (Å²) < 4.78 is 12.7. The number of benzene rings is 1. The number of nitrogens with one attached hydrogen (secondary N) is 2. The van der Waals surface area contributed by atoms with Crippen molar-refractivity contribution in [3.05, 3.63) is 46.5 Å². The Kier molecular flexibility index (Phi) is 2.65. The Morgan fingerprint density at radius 2 is 2.00 bits per heavy atom. The second-order valence-electron chi connectivity index (χ2n) is 3.13. The fourth-order valence-corrected chi connectivity index (χ4v) is 1.29. The molecule has 1 heterocycles. The maximum absolute atomic E-state index is 12.7. The van der Waals surface area contributed by atoms with Gasteiger partial charge in [0.05, 0.1) is 5.69 Å². The Hall–Kier alpha value is -2.21. The summed E-state index contributed by atoms with van der Waals surface area (Å²) in [6.07, 6.45) is 0. The van der Waals surface area contributed by atoms with E-state index in [2.05, 4.69) is 15.4 Å². The molecule has 0 aliphatic heterocycles. The van der Waals surface area contributed by atoms with Crippen LogP contribution in [0.1, 0.15) is 0 Å². The number of halogens is 1. The molecular formula is C10H9FN4O. The lowest BCUT2D eigenvalue weighted by Crippen LogP contribution is -2.16. The predicted octanol–water partition coefficient (Wildman–Crippen LogP) is 0.862. The average molecular weight is 220 g/mol. The Morgan fingerprint density at radius 3 is 2.62 bits per heavy atom. The molecule has 6 heteroatoms. The van der Waals surface area contributed by atoms with Crippen LogP contribution in [-0.4, -0.2) is 9.97 Å². The third kappa shape index (κ3) is 2.06. The third-order valence-corrected chi connectivity index (χ3v) is 2.02. The van der Waals surface area contributed by atoms with Crippen molar-refractivity contribution in [2.24, 2.45) is 5.84 Å². The molecule has 4 N–H and O–H groups in total. The van der Waals surface area contributed by atoms with Gasteiger partial charge in [-0.25, -0.2) is 15.2 Å². The van der Waals surface area contributed by atoms with Gasteiger partial charge in [-0.1, -0.05) is 0 Å². The molecule has 0 aliphatic carbocycles. The van der Waals surface area contributed by atoms with Gasteiger partial charge in [0.15, 0.2) is 0 Å². The van der Waals surface area contributed by atoms with Gasteiger partial charge in [-0.15, -0.1) is 0 Å². The van der Waals surface area contributed by atoms with E-state index in [1.807, 2.05) is 0 Å². The molecule has 0 atom stereocenters. The van der Waals surface area contributed by atoms with Crippen LogP contribution in [0.5, 0.6) is 0 Å². The number of rotatable bonds is 2. The number of nitrogens with two attached hydrogens (primary N) is 1. The van der Waals surface area contributed by atoms with Crippen molar-refractivity contribution in [3.63, 3.8) is 0 Å². The summed E-state index contributed by atoms with van der Waals surface area (Å²) in [5.74, 6) is 4.96. The lowest BCUT2D eigenvalue weighted by atomic mass is 10.1. The Balaban J connectivity index is 2.51. The standard InChI is InChI=1S/C10H9FN4O/c11-7-3-1-6(2-4-7)8-5-9(16)14-10(13-8)15-12/h1-5H,12H2,(H2,13,14,15,16). The number of aromatic nitrogens is 2. The number of hydrazine groups is 1. The minimum atomic E-state index is -0.342. The highest BCUT2D eigenvalue weighted by molar-refractivity contribution is 5.59. The lowest BCUT2D eigenvalue weighted by molar-refractivity contribution is 0.628. The number of nitrogen functional groups attached to an aromatic ring is 1. The molecule has 0 radical (unpaired) electrons. The van der Waals surface area contributed by atoms with E-state index in [1.165, 1.54) is 30.3 Å². The molecule has 0 fully saturated rings. The van der Waals surface area contributed by atoms with Gasteiger partial charge in [0.2, 0.25) is 5.95 Å². The summed E-state index contributed by atoms with van der Waals surface area (Å²) in [5.41, 5.74) is 2.99. The van der Waals surface area contributed by atoms with Gasteiger partial charge in [-0.3, -0.25) is 15.2 Å². The fraction of sp³-hybridized carbons (Fsp3) is 0. The second kappa shape index (κ2) is 4.11. The van der Waals surface area contributed by atoms with Crippen LogP contribution in [0.15, 0.2) is 35.1 Å². The summed E-state index contributed by atoms with van der Waals surface area (Å²) in [4.78, 5) is 17.7. The normalized spacial score (nSPS) is 10.1. The number of hydrogen-bond acceptors (Lipinski definition) is 4. The highest BCUT2D eigenvalue weighted by Crippen LogP contribution is 2.16. The van der Waals surface area contributed by atoms with Gasteiger partial charge in [0, 0.05) is 11.6 Å². The molecule has 82 valence electrons. The zero-order chi connectivity index (χ0) is 11.5. The Labute approximate surface area is 90.1 Å². The topological polar surface area (TPSA) is 83.8 Å². The maximum Gasteiger partial charge on any atom is 0.252 e.